The average Bonchev–Trinajstić information content (AvgIpc) is 3.04. The summed E-state index contributed by atoms with van der Waals surface area (Å²) in [6.45, 7) is 0.815. The molecule has 1 aromatic heterocycles. The molecule has 2 aromatic rings. The lowest BCUT2D eigenvalue weighted by Crippen LogP contribution is -2.62. The van der Waals surface area contributed by atoms with Crippen LogP contribution in [0.4, 0.5) is 0 Å². The summed E-state index contributed by atoms with van der Waals surface area (Å²) in [4.78, 5) is 16.5. The summed E-state index contributed by atoms with van der Waals surface area (Å²) in [6, 6.07) is 14.5. The average molecular weight is 322 g/mol. The van der Waals surface area contributed by atoms with Gasteiger partial charge in [0.25, 0.3) is 0 Å². The van der Waals surface area contributed by atoms with Gasteiger partial charge < -0.3 is 10.1 Å². The van der Waals surface area contributed by atoms with E-state index in [0.717, 1.165) is 25.0 Å². The number of nitrogens with one attached hydrogen (secondary N) is 1. The van der Waals surface area contributed by atoms with E-state index in [-0.39, 0.29) is 11.9 Å². The largest absolute Gasteiger partial charge is 0.377 e. The van der Waals surface area contributed by atoms with Gasteiger partial charge >= 0.3 is 0 Å². The summed E-state index contributed by atoms with van der Waals surface area (Å²) in [5.74, 6) is 0.922. The first-order chi connectivity index (χ1) is 11.8. The highest BCUT2D eigenvalue weighted by Gasteiger charge is 2.53. The fourth-order valence-electron chi connectivity index (χ4n) is 4.10. The molecule has 24 heavy (non-hydrogen) atoms. The van der Waals surface area contributed by atoms with Gasteiger partial charge in [-0.2, -0.15) is 0 Å². The smallest absolute Gasteiger partial charge is 0.224 e. The van der Waals surface area contributed by atoms with E-state index >= 15 is 0 Å². The van der Waals surface area contributed by atoms with Gasteiger partial charge in [-0.3, -0.25) is 9.78 Å². The molecule has 2 fully saturated rings. The molecule has 0 bridgehead atoms. The number of benzene rings is 1. The minimum atomic E-state index is 0.0800. The summed E-state index contributed by atoms with van der Waals surface area (Å²) < 4.78 is 5.91. The number of carbonyl (C=O) groups is 1. The Morgan fingerprint density at radius 3 is 2.79 bits per heavy atom. The van der Waals surface area contributed by atoms with Crippen LogP contribution in [0.25, 0.3) is 0 Å². The summed E-state index contributed by atoms with van der Waals surface area (Å²) >= 11 is 0. The highest BCUT2D eigenvalue weighted by molar-refractivity contribution is 5.79. The van der Waals surface area contributed by atoms with Crippen LogP contribution in [-0.4, -0.2) is 29.6 Å². The summed E-state index contributed by atoms with van der Waals surface area (Å²) in [7, 11) is 0. The van der Waals surface area contributed by atoms with Crippen LogP contribution < -0.4 is 5.32 Å². The molecule has 2 aliphatic rings. The Morgan fingerprint density at radius 2 is 2.00 bits per heavy atom. The molecule has 1 aliphatic carbocycles. The molecule has 4 atom stereocenters. The number of pyridine rings is 1. The zero-order chi connectivity index (χ0) is 16.4. The molecule has 4 nitrogen and oxygen atoms in total. The van der Waals surface area contributed by atoms with Crippen LogP contribution in [0.1, 0.15) is 17.5 Å². The highest BCUT2D eigenvalue weighted by Crippen LogP contribution is 2.45. The lowest BCUT2D eigenvalue weighted by atomic mass is 9.64. The molecule has 4 heteroatoms. The number of amides is 1. The minimum absolute atomic E-state index is 0.0800. The molecule has 0 radical (unpaired) electrons. The second-order valence-electron chi connectivity index (χ2n) is 6.77. The predicted octanol–water partition coefficient (Wildman–Crippen LogP) is 2.39. The molecule has 0 spiro atoms. The second kappa shape index (κ2) is 6.73. The number of carbonyl (C=O) groups excluding carboxylic acids is 1. The highest BCUT2D eigenvalue weighted by atomic mass is 16.5. The van der Waals surface area contributed by atoms with Crippen molar-refractivity contribution < 1.29 is 9.53 Å². The number of nitrogens with zero attached hydrogens (tertiary/aromatic N) is 1. The molecular formula is C20H22N2O2. The molecule has 1 aromatic carbocycles. The van der Waals surface area contributed by atoms with Crippen molar-refractivity contribution in [1.29, 1.82) is 0 Å². The Balaban J connectivity index is 1.41. The van der Waals surface area contributed by atoms with Crippen LogP contribution >= 0.6 is 0 Å². The zero-order valence-electron chi connectivity index (χ0n) is 13.6. The van der Waals surface area contributed by atoms with E-state index in [9.17, 15) is 4.79 Å². The third-order valence-corrected chi connectivity index (χ3v) is 5.26. The van der Waals surface area contributed by atoms with Crippen molar-refractivity contribution in [1.82, 2.24) is 10.3 Å². The van der Waals surface area contributed by atoms with Crippen molar-refractivity contribution in [3.63, 3.8) is 0 Å². The number of aromatic nitrogens is 1. The fraction of sp³-hybridized carbons (Fsp3) is 0.400. The molecule has 1 saturated carbocycles. The minimum Gasteiger partial charge on any atom is -0.377 e. The number of ether oxygens (including phenoxy) is 1. The molecule has 124 valence electrons. The van der Waals surface area contributed by atoms with Gasteiger partial charge in [0.15, 0.2) is 0 Å². The molecule has 1 aliphatic heterocycles. The van der Waals surface area contributed by atoms with Crippen molar-refractivity contribution in [2.45, 2.75) is 31.4 Å². The lowest BCUT2D eigenvalue weighted by molar-refractivity contribution is -0.126. The van der Waals surface area contributed by atoms with Gasteiger partial charge in [-0.15, -0.1) is 0 Å². The van der Waals surface area contributed by atoms with Crippen LogP contribution in [0.15, 0.2) is 54.9 Å². The Hall–Kier alpha value is -2.20. The van der Waals surface area contributed by atoms with Gasteiger partial charge in [-0.1, -0.05) is 36.4 Å². The first-order valence-corrected chi connectivity index (χ1v) is 8.65. The van der Waals surface area contributed by atoms with Crippen molar-refractivity contribution in [3.8, 4) is 0 Å². The Bertz CT molecular complexity index is 689. The normalized spacial score (nSPS) is 28.0. The Labute approximate surface area is 142 Å². The molecule has 0 unspecified atom stereocenters. The van der Waals surface area contributed by atoms with Gasteiger partial charge in [-0.05, 0) is 30.0 Å². The Kier molecular flexibility index (Phi) is 4.30. The monoisotopic (exact) mass is 322 g/mol. The second-order valence-corrected chi connectivity index (χ2v) is 6.77. The van der Waals surface area contributed by atoms with Gasteiger partial charge in [-0.25, -0.2) is 0 Å². The van der Waals surface area contributed by atoms with Crippen molar-refractivity contribution >= 4 is 5.91 Å². The van der Waals surface area contributed by atoms with E-state index in [1.807, 2.05) is 18.2 Å². The van der Waals surface area contributed by atoms with Gasteiger partial charge in [0.2, 0.25) is 5.91 Å². The number of hydrogen-bond acceptors (Lipinski definition) is 3. The van der Waals surface area contributed by atoms with Crippen LogP contribution in [0.2, 0.25) is 0 Å². The SMILES string of the molecule is O=C(Cc1cccnc1)N[C@@H]1[C@H]2CCO[C@H]2[C@H]1Cc1ccccc1. The number of rotatable bonds is 5. The van der Waals surface area contributed by atoms with E-state index in [1.54, 1.807) is 12.4 Å². The van der Waals surface area contributed by atoms with Gasteiger partial charge in [0, 0.05) is 36.9 Å². The molecule has 1 N–H and O–H groups in total. The first-order valence-electron chi connectivity index (χ1n) is 8.65. The van der Waals surface area contributed by atoms with E-state index in [0.29, 0.717) is 24.4 Å². The van der Waals surface area contributed by atoms with Crippen molar-refractivity contribution in [3.05, 3.63) is 66.0 Å². The number of fused-ring (bicyclic) bond motifs is 1. The van der Waals surface area contributed by atoms with E-state index in [4.69, 9.17) is 4.74 Å². The molecular weight excluding hydrogens is 300 g/mol. The summed E-state index contributed by atoms with van der Waals surface area (Å²) in [6.07, 6.45) is 6.18. The Morgan fingerprint density at radius 1 is 1.17 bits per heavy atom. The molecule has 1 amide bonds. The summed E-state index contributed by atoms with van der Waals surface area (Å²) in [5.41, 5.74) is 2.26. The molecule has 2 heterocycles. The molecule has 1 saturated heterocycles. The van der Waals surface area contributed by atoms with E-state index < -0.39 is 0 Å². The molecule has 4 rings (SSSR count). The van der Waals surface area contributed by atoms with Crippen LogP contribution in [0.3, 0.4) is 0 Å². The standard InChI is InChI=1S/C20H22N2O2/c23-18(12-15-7-4-9-21-13-15)22-19-16-8-10-24-20(16)17(19)11-14-5-2-1-3-6-14/h1-7,9,13,16-17,19-20H,8,10-12H2,(H,22,23)/t16-,17+,19-,20-/m1/s1. The predicted molar refractivity (Wildman–Crippen MR) is 91.4 cm³/mol. The maximum atomic E-state index is 12.4. The third kappa shape index (κ3) is 3.06. The maximum absolute atomic E-state index is 12.4. The van der Waals surface area contributed by atoms with Crippen LogP contribution in [-0.2, 0) is 22.4 Å². The quantitative estimate of drug-likeness (QED) is 0.919. The van der Waals surface area contributed by atoms with Crippen molar-refractivity contribution in [2.75, 3.05) is 6.61 Å². The summed E-state index contributed by atoms with van der Waals surface area (Å²) in [5, 5.41) is 3.26. The van der Waals surface area contributed by atoms with Crippen LogP contribution in [0.5, 0.6) is 0 Å². The van der Waals surface area contributed by atoms with E-state index in [1.165, 1.54) is 5.56 Å². The lowest BCUT2D eigenvalue weighted by Gasteiger charge is -2.48. The zero-order valence-corrected chi connectivity index (χ0v) is 13.6. The van der Waals surface area contributed by atoms with Gasteiger partial charge in [0.05, 0.1) is 12.5 Å². The van der Waals surface area contributed by atoms with Crippen molar-refractivity contribution in [2.24, 2.45) is 11.8 Å². The van der Waals surface area contributed by atoms with E-state index in [2.05, 4.69) is 34.6 Å². The maximum Gasteiger partial charge on any atom is 0.224 e. The topological polar surface area (TPSA) is 51.2 Å². The number of hydrogen-bond donors (Lipinski definition) is 1. The fourth-order valence-corrected chi connectivity index (χ4v) is 4.10. The first kappa shape index (κ1) is 15.3. The third-order valence-electron chi connectivity index (χ3n) is 5.26. The van der Waals surface area contributed by atoms with Gasteiger partial charge in [0.1, 0.15) is 0 Å². The van der Waals surface area contributed by atoms with Crippen LogP contribution in [0, 0.1) is 11.8 Å².